The lowest BCUT2D eigenvalue weighted by Crippen LogP contribution is -2.38. The Morgan fingerprint density at radius 3 is 2.62 bits per heavy atom. The molecule has 0 amide bonds. The van der Waals surface area contributed by atoms with Gasteiger partial charge >= 0.3 is 5.97 Å². The minimum atomic E-state index is -3.24. The van der Waals surface area contributed by atoms with Crippen LogP contribution in [0.1, 0.15) is 19.8 Å². The molecule has 1 heterocycles. The van der Waals surface area contributed by atoms with Gasteiger partial charge in [0.15, 0.2) is 15.1 Å². The predicted octanol–water partition coefficient (Wildman–Crippen LogP) is 0.373. The summed E-state index contributed by atoms with van der Waals surface area (Å²) in [7, 11) is -2.02. The standard InChI is InChI=1S/C8H14O4S/c1-6-3-4-13(10,11)7(5-6)8(9)12-2/h6-7H,3-5H2,1-2H3. The zero-order chi connectivity index (χ0) is 10.1. The van der Waals surface area contributed by atoms with Crippen molar-refractivity contribution in [1.29, 1.82) is 0 Å². The molecule has 1 aliphatic heterocycles. The van der Waals surface area contributed by atoms with Crippen LogP contribution in [0.15, 0.2) is 0 Å². The van der Waals surface area contributed by atoms with E-state index in [1.165, 1.54) is 7.11 Å². The first-order valence-corrected chi connectivity index (χ1v) is 5.98. The van der Waals surface area contributed by atoms with Gasteiger partial charge in [0, 0.05) is 0 Å². The van der Waals surface area contributed by atoms with Gasteiger partial charge in [-0.1, -0.05) is 6.92 Å². The van der Waals surface area contributed by atoms with Crippen molar-refractivity contribution in [2.24, 2.45) is 5.92 Å². The number of hydrogen-bond donors (Lipinski definition) is 0. The van der Waals surface area contributed by atoms with Gasteiger partial charge < -0.3 is 4.74 Å². The molecule has 13 heavy (non-hydrogen) atoms. The fourth-order valence-electron chi connectivity index (χ4n) is 1.51. The van der Waals surface area contributed by atoms with Gasteiger partial charge in [-0.2, -0.15) is 0 Å². The molecule has 0 aliphatic carbocycles. The van der Waals surface area contributed by atoms with E-state index in [1.54, 1.807) is 0 Å². The number of methoxy groups -OCH3 is 1. The van der Waals surface area contributed by atoms with Crippen LogP contribution in [-0.2, 0) is 19.4 Å². The van der Waals surface area contributed by atoms with E-state index in [2.05, 4.69) is 4.74 Å². The number of carbonyl (C=O) groups excluding carboxylic acids is 1. The van der Waals surface area contributed by atoms with E-state index in [4.69, 9.17) is 0 Å². The number of esters is 1. The molecule has 1 aliphatic rings. The maximum absolute atomic E-state index is 11.4. The molecule has 1 saturated heterocycles. The first-order chi connectivity index (χ1) is 5.97. The second-order valence-electron chi connectivity index (χ2n) is 3.51. The van der Waals surface area contributed by atoms with Crippen molar-refractivity contribution in [3.05, 3.63) is 0 Å². The highest BCUT2D eigenvalue weighted by Gasteiger charge is 2.38. The van der Waals surface area contributed by atoms with Gasteiger partial charge in [0.25, 0.3) is 0 Å². The second kappa shape index (κ2) is 3.65. The summed E-state index contributed by atoms with van der Waals surface area (Å²) in [6, 6.07) is 0. The molecule has 0 bridgehead atoms. The van der Waals surface area contributed by atoms with Gasteiger partial charge in [0.1, 0.15) is 0 Å². The maximum atomic E-state index is 11.4. The van der Waals surface area contributed by atoms with E-state index in [9.17, 15) is 13.2 Å². The Kier molecular flexibility index (Phi) is 2.95. The molecule has 5 heteroatoms. The van der Waals surface area contributed by atoms with Crippen molar-refractivity contribution < 1.29 is 17.9 Å². The van der Waals surface area contributed by atoms with Gasteiger partial charge in [-0.05, 0) is 18.8 Å². The zero-order valence-corrected chi connectivity index (χ0v) is 8.63. The van der Waals surface area contributed by atoms with Crippen LogP contribution in [0.3, 0.4) is 0 Å². The van der Waals surface area contributed by atoms with Gasteiger partial charge in [-0.25, -0.2) is 8.42 Å². The van der Waals surface area contributed by atoms with Crippen LogP contribution in [0.2, 0.25) is 0 Å². The summed E-state index contributed by atoms with van der Waals surface area (Å²) < 4.78 is 27.3. The van der Waals surface area contributed by atoms with Crippen molar-refractivity contribution in [1.82, 2.24) is 0 Å². The van der Waals surface area contributed by atoms with Crippen LogP contribution >= 0.6 is 0 Å². The lowest BCUT2D eigenvalue weighted by atomic mass is 10.0. The SMILES string of the molecule is COC(=O)C1CC(C)CCS1(=O)=O. The largest absolute Gasteiger partial charge is 0.468 e. The number of hydrogen-bond acceptors (Lipinski definition) is 4. The van der Waals surface area contributed by atoms with Crippen LogP contribution in [0, 0.1) is 5.92 Å². The minimum absolute atomic E-state index is 0.105. The molecular weight excluding hydrogens is 192 g/mol. The molecule has 76 valence electrons. The summed E-state index contributed by atoms with van der Waals surface area (Å²) in [4.78, 5) is 11.1. The normalized spacial score (nSPS) is 32.5. The zero-order valence-electron chi connectivity index (χ0n) is 7.82. The van der Waals surface area contributed by atoms with E-state index >= 15 is 0 Å². The summed E-state index contributed by atoms with van der Waals surface area (Å²) in [5, 5.41) is -0.929. The molecule has 0 aromatic rings. The van der Waals surface area contributed by atoms with Gasteiger partial charge in [-0.15, -0.1) is 0 Å². The van der Waals surface area contributed by atoms with E-state index in [0.717, 1.165) is 0 Å². The fraction of sp³-hybridized carbons (Fsp3) is 0.875. The van der Waals surface area contributed by atoms with Crippen molar-refractivity contribution in [3.63, 3.8) is 0 Å². The molecule has 0 aromatic heterocycles. The van der Waals surface area contributed by atoms with Gasteiger partial charge in [-0.3, -0.25) is 4.79 Å². The van der Waals surface area contributed by atoms with Gasteiger partial charge in [0.05, 0.1) is 12.9 Å². The highest BCUT2D eigenvalue weighted by molar-refractivity contribution is 7.92. The van der Waals surface area contributed by atoms with E-state index in [0.29, 0.717) is 12.8 Å². The maximum Gasteiger partial charge on any atom is 0.324 e. The Hall–Kier alpha value is -0.580. The van der Waals surface area contributed by atoms with Crippen molar-refractivity contribution >= 4 is 15.8 Å². The summed E-state index contributed by atoms with van der Waals surface area (Å²) in [5.74, 6) is -0.229. The van der Waals surface area contributed by atoms with E-state index < -0.39 is 21.1 Å². The molecule has 0 N–H and O–H groups in total. The lowest BCUT2D eigenvalue weighted by molar-refractivity contribution is -0.140. The molecule has 0 saturated carbocycles. The molecular formula is C8H14O4S. The topological polar surface area (TPSA) is 60.4 Å². The van der Waals surface area contributed by atoms with Crippen molar-refractivity contribution in [2.45, 2.75) is 25.0 Å². The Labute approximate surface area is 78.2 Å². The third-order valence-corrected chi connectivity index (χ3v) is 4.47. The third-order valence-electron chi connectivity index (χ3n) is 2.41. The number of carbonyl (C=O) groups is 1. The molecule has 0 spiro atoms. The van der Waals surface area contributed by atoms with E-state index in [-0.39, 0.29) is 11.7 Å². The number of rotatable bonds is 1. The molecule has 1 rings (SSSR count). The fourth-order valence-corrected chi connectivity index (χ4v) is 3.54. The van der Waals surface area contributed by atoms with Crippen LogP contribution < -0.4 is 0 Å². The summed E-state index contributed by atoms with van der Waals surface area (Å²) in [6.45, 7) is 1.95. The summed E-state index contributed by atoms with van der Waals surface area (Å²) in [5.41, 5.74) is 0. The molecule has 1 fully saturated rings. The first kappa shape index (κ1) is 10.5. The Morgan fingerprint density at radius 1 is 1.46 bits per heavy atom. The van der Waals surface area contributed by atoms with Crippen LogP contribution in [-0.4, -0.2) is 32.5 Å². The minimum Gasteiger partial charge on any atom is -0.468 e. The average molecular weight is 206 g/mol. The lowest BCUT2D eigenvalue weighted by Gasteiger charge is -2.24. The summed E-state index contributed by atoms with van der Waals surface area (Å²) >= 11 is 0. The smallest absolute Gasteiger partial charge is 0.324 e. The van der Waals surface area contributed by atoms with E-state index in [1.807, 2.05) is 6.92 Å². The monoisotopic (exact) mass is 206 g/mol. The molecule has 0 radical (unpaired) electrons. The Balaban J connectivity index is 2.85. The van der Waals surface area contributed by atoms with Crippen molar-refractivity contribution in [2.75, 3.05) is 12.9 Å². The predicted molar refractivity (Wildman–Crippen MR) is 48.0 cm³/mol. The highest BCUT2D eigenvalue weighted by Crippen LogP contribution is 2.25. The molecule has 2 atom stereocenters. The molecule has 4 nitrogen and oxygen atoms in total. The van der Waals surface area contributed by atoms with Crippen LogP contribution in [0.5, 0.6) is 0 Å². The van der Waals surface area contributed by atoms with Crippen LogP contribution in [0.4, 0.5) is 0 Å². The first-order valence-electron chi connectivity index (χ1n) is 4.26. The van der Waals surface area contributed by atoms with Crippen molar-refractivity contribution in [3.8, 4) is 0 Å². The highest BCUT2D eigenvalue weighted by atomic mass is 32.2. The molecule has 0 aromatic carbocycles. The Bertz CT molecular complexity index is 293. The summed E-state index contributed by atoms with van der Waals surface area (Å²) in [6.07, 6.45) is 1.05. The molecule has 2 unspecified atom stereocenters. The van der Waals surface area contributed by atoms with Crippen LogP contribution in [0.25, 0.3) is 0 Å². The Morgan fingerprint density at radius 2 is 2.08 bits per heavy atom. The number of ether oxygens (including phenoxy) is 1. The quantitative estimate of drug-likeness (QED) is 0.582. The second-order valence-corrected chi connectivity index (χ2v) is 5.81. The third kappa shape index (κ3) is 2.21. The van der Waals surface area contributed by atoms with Gasteiger partial charge in [0.2, 0.25) is 0 Å². The number of sulfone groups is 1. The average Bonchev–Trinajstić information content (AvgIpc) is 2.08.